The van der Waals surface area contributed by atoms with E-state index in [9.17, 15) is 0 Å². The Morgan fingerprint density at radius 1 is 1.60 bits per heavy atom. The van der Waals surface area contributed by atoms with Gasteiger partial charge in [-0.05, 0) is 7.05 Å². The van der Waals surface area contributed by atoms with Crippen LogP contribution in [0.5, 0.6) is 0 Å². The molecule has 0 fully saturated rings. The first-order valence-electron chi connectivity index (χ1n) is 3.24. The van der Waals surface area contributed by atoms with E-state index >= 15 is 0 Å². The van der Waals surface area contributed by atoms with Crippen LogP contribution in [0.3, 0.4) is 0 Å². The standard InChI is InChI=1S/C6H14ClNO2/c1-8(2-3-9)5-6(10)4-7/h6,9-10H,2-5H2,1H3. The van der Waals surface area contributed by atoms with Crippen LogP contribution < -0.4 is 0 Å². The van der Waals surface area contributed by atoms with Crippen molar-refractivity contribution >= 4 is 11.6 Å². The van der Waals surface area contributed by atoms with Crippen molar-refractivity contribution in [3.8, 4) is 0 Å². The number of nitrogens with zero attached hydrogens (tertiary/aromatic N) is 1. The number of alkyl halides is 1. The number of rotatable bonds is 5. The molecule has 0 bridgehead atoms. The highest BCUT2D eigenvalue weighted by Gasteiger charge is 2.04. The molecule has 0 spiro atoms. The maximum Gasteiger partial charge on any atom is 0.0802 e. The number of hydrogen-bond donors (Lipinski definition) is 2. The lowest BCUT2D eigenvalue weighted by atomic mass is 10.4. The van der Waals surface area contributed by atoms with Gasteiger partial charge in [-0.3, -0.25) is 0 Å². The van der Waals surface area contributed by atoms with Crippen molar-refractivity contribution < 1.29 is 10.2 Å². The van der Waals surface area contributed by atoms with Crippen LogP contribution in [0.1, 0.15) is 0 Å². The lowest BCUT2D eigenvalue weighted by molar-refractivity contribution is 0.130. The first kappa shape index (κ1) is 10.2. The molecule has 0 radical (unpaired) electrons. The third-order valence-electron chi connectivity index (χ3n) is 1.18. The van der Waals surface area contributed by atoms with Crippen molar-refractivity contribution in [2.75, 3.05) is 32.6 Å². The van der Waals surface area contributed by atoms with Gasteiger partial charge in [-0.1, -0.05) is 0 Å². The van der Waals surface area contributed by atoms with Crippen molar-refractivity contribution in [1.29, 1.82) is 0 Å². The summed E-state index contributed by atoms with van der Waals surface area (Å²) in [6.45, 7) is 1.21. The molecule has 0 saturated heterocycles. The molecule has 2 N–H and O–H groups in total. The summed E-state index contributed by atoms with van der Waals surface area (Å²) < 4.78 is 0. The highest BCUT2D eigenvalue weighted by atomic mass is 35.5. The Morgan fingerprint density at radius 3 is 2.60 bits per heavy atom. The number of hydrogen-bond acceptors (Lipinski definition) is 3. The van der Waals surface area contributed by atoms with Gasteiger partial charge in [0.25, 0.3) is 0 Å². The molecule has 0 aliphatic carbocycles. The molecule has 0 heterocycles. The summed E-state index contributed by atoms with van der Waals surface area (Å²) in [5.74, 6) is 0.246. The third kappa shape index (κ3) is 4.99. The van der Waals surface area contributed by atoms with Gasteiger partial charge in [-0.2, -0.15) is 0 Å². The van der Waals surface area contributed by atoms with Crippen molar-refractivity contribution in [2.45, 2.75) is 6.10 Å². The van der Waals surface area contributed by atoms with Crippen LogP contribution in [0, 0.1) is 0 Å². The average molecular weight is 168 g/mol. The maximum absolute atomic E-state index is 9.00. The van der Waals surface area contributed by atoms with Crippen LogP contribution in [-0.4, -0.2) is 53.8 Å². The third-order valence-corrected chi connectivity index (χ3v) is 1.54. The second kappa shape index (κ2) is 5.92. The molecular weight excluding hydrogens is 154 g/mol. The molecule has 0 amide bonds. The molecule has 10 heavy (non-hydrogen) atoms. The summed E-state index contributed by atoms with van der Waals surface area (Å²) in [4.78, 5) is 1.83. The number of aliphatic hydroxyl groups excluding tert-OH is 2. The van der Waals surface area contributed by atoms with Gasteiger partial charge in [-0.25, -0.2) is 0 Å². The van der Waals surface area contributed by atoms with Crippen LogP contribution in [-0.2, 0) is 0 Å². The zero-order valence-electron chi connectivity index (χ0n) is 6.13. The van der Waals surface area contributed by atoms with Crippen molar-refractivity contribution in [1.82, 2.24) is 4.90 Å². The Labute approximate surface area is 66.2 Å². The molecule has 0 aliphatic heterocycles. The number of aliphatic hydroxyl groups is 2. The molecule has 62 valence electrons. The first-order valence-corrected chi connectivity index (χ1v) is 3.77. The van der Waals surface area contributed by atoms with Crippen LogP contribution in [0.2, 0.25) is 0 Å². The maximum atomic E-state index is 9.00. The first-order chi connectivity index (χ1) is 4.70. The fraction of sp³-hybridized carbons (Fsp3) is 1.00. The Hall–Kier alpha value is 0.170. The highest BCUT2D eigenvalue weighted by Crippen LogP contribution is 1.90. The van der Waals surface area contributed by atoms with Crippen LogP contribution in [0.4, 0.5) is 0 Å². The molecule has 0 aromatic heterocycles. The predicted molar refractivity (Wildman–Crippen MR) is 41.3 cm³/mol. The minimum atomic E-state index is -0.488. The van der Waals surface area contributed by atoms with Gasteiger partial charge in [0.05, 0.1) is 12.7 Å². The van der Waals surface area contributed by atoms with Gasteiger partial charge in [0.1, 0.15) is 0 Å². The van der Waals surface area contributed by atoms with Gasteiger partial charge in [-0.15, -0.1) is 11.6 Å². The zero-order valence-corrected chi connectivity index (χ0v) is 6.88. The second-order valence-corrected chi connectivity index (χ2v) is 2.60. The van der Waals surface area contributed by atoms with Gasteiger partial charge in [0.2, 0.25) is 0 Å². The summed E-state index contributed by atoms with van der Waals surface area (Å²) >= 11 is 5.36. The van der Waals surface area contributed by atoms with E-state index in [0.29, 0.717) is 13.1 Å². The Bertz CT molecular complexity index is 82.1. The van der Waals surface area contributed by atoms with Crippen molar-refractivity contribution in [3.05, 3.63) is 0 Å². The van der Waals surface area contributed by atoms with Gasteiger partial charge < -0.3 is 15.1 Å². The molecule has 0 saturated carbocycles. The largest absolute Gasteiger partial charge is 0.395 e. The second-order valence-electron chi connectivity index (χ2n) is 2.29. The molecule has 0 aliphatic rings. The van der Waals surface area contributed by atoms with Crippen LogP contribution >= 0.6 is 11.6 Å². The summed E-state index contributed by atoms with van der Waals surface area (Å²) in [6, 6.07) is 0. The van der Waals surface area contributed by atoms with Crippen LogP contribution in [0.25, 0.3) is 0 Å². The molecule has 1 atom stereocenters. The molecule has 1 unspecified atom stereocenters. The summed E-state index contributed by atoms with van der Waals surface area (Å²) in [5, 5.41) is 17.5. The fourth-order valence-corrected chi connectivity index (χ4v) is 0.768. The Morgan fingerprint density at radius 2 is 2.20 bits per heavy atom. The zero-order chi connectivity index (χ0) is 7.98. The van der Waals surface area contributed by atoms with E-state index in [-0.39, 0.29) is 12.5 Å². The minimum Gasteiger partial charge on any atom is -0.395 e. The highest BCUT2D eigenvalue weighted by molar-refractivity contribution is 6.18. The monoisotopic (exact) mass is 167 g/mol. The van der Waals surface area contributed by atoms with E-state index in [2.05, 4.69) is 0 Å². The Kier molecular flexibility index (Phi) is 6.02. The number of halogens is 1. The molecule has 3 nitrogen and oxygen atoms in total. The average Bonchev–Trinajstić information content (AvgIpc) is 1.88. The SMILES string of the molecule is CN(CCO)CC(O)CCl. The Balaban J connectivity index is 3.27. The quantitative estimate of drug-likeness (QED) is 0.544. The van der Waals surface area contributed by atoms with E-state index < -0.39 is 6.10 Å². The topological polar surface area (TPSA) is 43.7 Å². The van der Waals surface area contributed by atoms with E-state index in [1.54, 1.807) is 0 Å². The van der Waals surface area contributed by atoms with E-state index in [1.165, 1.54) is 0 Å². The van der Waals surface area contributed by atoms with E-state index in [4.69, 9.17) is 21.8 Å². The van der Waals surface area contributed by atoms with E-state index in [1.807, 2.05) is 11.9 Å². The predicted octanol–water partition coefficient (Wildman–Crippen LogP) is -0.490. The van der Waals surface area contributed by atoms with Gasteiger partial charge >= 0.3 is 0 Å². The van der Waals surface area contributed by atoms with Gasteiger partial charge in [0, 0.05) is 19.0 Å². The van der Waals surface area contributed by atoms with Crippen LogP contribution in [0.15, 0.2) is 0 Å². The minimum absolute atomic E-state index is 0.117. The molecule has 0 aromatic carbocycles. The summed E-state index contributed by atoms with van der Waals surface area (Å²) in [5.41, 5.74) is 0. The lowest BCUT2D eigenvalue weighted by Gasteiger charge is -2.17. The van der Waals surface area contributed by atoms with Gasteiger partial charge in [0.15, 0.2) is 0 Å². The molecular formula is C6H14ClNO2. The molecule has 4 heteroatoms. The molecule has 0 aromatic rings. The normalized spacial score (nSPS) is 14.1. The lowest BCUT2D eigenvalue weighted by Crippen LogP contribution is -2.32. The van der Waals surface area contributed by atoms with Crippen molar-refractivity contribution in [2.24, 2.45) is 0 Å². The smallest absolute Gasteiger partial charge is 0.0802 e. The molecule has 0 rings (SSSR count). The van der Waals surface area contributed by atoms with Crippen molar-refractivity contribution in [3.63, 3.8) is 0 Å². The summed E-state index contributed by atoms with van der Waals surface area (Å²) in [7, 11) is 1.83. The summed E-state index contributed by atoms with van der Waals surface area (Å²) in [6.07, 6.45) is -0.488. The fourth-order valence-electron chi connectivity index (χ4n) is 0.671. The van der Waals surface area contributed by atoms with E-state index in [0.717, 1.165) is 0 Å². The number of likely N-dealkylation sites (N-methyl/N-ethyl adjacent to an activating group) is 1.